The van der Waals surface area contributed by atoms with Gasteiger partial charge in [-0.2, -0.15) is 10.3 Å². The summed E-state index contributed by atoms with van der Waals surface area (Å²) in [5, 5.41) is 17.5. The molecule has 0 bridgehead atoms. The summed E-state index contributed by atoms with van der Waals surface area (Å²) in [7, 11) is 0. The number of benzene rings is 1. The number of fused-ring (bicyclic) bond motifs is 1. The van der Waals surface area contributed by atoms with Gasteiger partial charge in [0.2, 0.25) is 6.19 Å². The van der Waals surface area contributed by atoms with Crippen LogP contribution in [-0.4, -0.2) is 52.5 Å². The van der Waals surface area contributed by atoms with Gasteiger partial charge in [-0.1, -0.05) is 0 Å². The summed E-state index contributed by atoms with van der Waals surface area (Å²) < 4.78 is 21.4. The second-order valence-electron chi connectivity index (χ2n) is 8.46. The van der Waals surface area contributed by atoms with Crippen LogP contribution in [0.2, 0.25) is 0 Å². The number of thioether (sulfide) groups is 1. The first-order valence-corrected chi connectivity index (χ1v) is 12.7. The fourth-order valence-electron chi connectivity index (χ4n) is 4.77. The van der Waals surface area contributed by atoms with E-state index in [-0.39, 0.29) is 17.9 Å². The van der Waals surface area contributed by atoms with E-state index in [0.29, 0.717) is 23.8 Å². The van der Waals surface area contributed by atoms with E-state index >= 15 is 0 Å². The summed E-state index contributed by atoms with van der Waals surface area (Å²) in [5.74, 6) is 0.987. The van der Waals surface area contributed by atoms with E-state index in [1.165, 1.54) is 6.07 Å². The highest BCUT2D eigenvalue weighted by Gasteiger charge is 2.30. The van der Waals surface area contributed by atoms with Gasteiger partial charge >= 0.3 is 0 Å². The lowest BCUT2D eigenvalue weighted by molar-refractivity contribution is 0.0764. The molecule has 2 fully saturated rings. The molecule has 2 aromatic heterocycles. The molecule has 3 aromatic rings. The van der Waals surface area contributed by atoms with Crippen molar-refractivity contribution in [2.24, 2.45) is 4.99 Å². The van der Waals surface area contributed by atoms with Crippen LogP contribution in [0, 0.1) is 17.3 Å². The fraction of sp³-hybridized carbons (Fsp3) is 0.417. The maximum absolute atomic E-state index is 14.1. The molecule has 34 heavy (non-hydrogen) atoms. The van der Waals surface area contributed by atoms with Gasteiger partial charge in [0.1, 0.15) is 17.3 Å². The number of amidine groups is 1. The molecule has 4 heterocycles. The molecule has 0 radical (unpaired) electrons. The number of ether oxygens (including phenoxy) is 1. The SMILES string of the molecule is CSc1ccc(F)cc1[C@H]1CCCN1c1ccc2ncc(/C(=N/C#N)NC3CCCOC3)n2n1. The maximum Gasteiger partial charge on any atom is 0.207 e. The van der Waals surface area contributed by atoms with Crippen LogP contribution in [0.4, 0.5) is 10.2 Å². The molecule has 2 aliphatic rings. The third-order valence-corrected chi connectivity index (χ3v) is 7.16. The van der Waals surface area contributed by atoms with Gasteiger partial charge in [0.15, 0.2) is 11.5 Å². The summed E-state index contributed by atoms with van der Waals surface area (Å²) in [5.41, 5.74) is 2.27. The molecule has 2 saturated heterocycles. The monoisotopic (exact) mass is 479 g/mol. The molecule has 2 aliphatic heterocycles. The summed E-state index contributed by atoms with van der Waals surface area (Å²) in [6.45, 7) is 2.15. The molecular weight excluding hydrogens is 453 g/mol. The van der Waals surface area contributed by atoms with Crippen molar-refractivity contribution >= 4 is 29.1 Å². The van der Waals surface area contributed by atoms with Crippen LogP contribution >= 0.6 is 11.8 Å². The third kappa shape index (κ3) is 4.45. The highest BCUT2D eigenvalue weighted by Crippen LogP contribution is 2.39. The van der Waals surface area contributed by atoms with Crippen molar-refractivity contribution in [3.63, 3.8) is 0 Å². The lowest BCUT2D eigenvalue weighted by atomic mass is 10.0. The minimum absolute atomic E-state index is 0.0415. The first-order chi connectivity index (χ1) is 16.7. The Balaban J connectivity index is 1.49. The predicted octanol–water partition coefficient (Wildman–Crippen LogP) is 3.93. The first kappa shape index (κ1) is 22.6. The van der Waals surface area contributed by atoms with E-state index in [9.17, 15) is 9.65 Å². The minimum Gasteiger partial charge on any atom is -0.379 e. The highest BCUT2D eigenvalue weighted by molar-refractivity contribution is 7.98. The van der Waals surface area contributed by atoms with E-state index in [1.54, 1.807) is 28.5 Å². The van der Waals surface area contributed by atoms with Gasteiger partial charge < -0.3 is 15.0 Å². The van der Waals surface area contributed by atoms with Crippen molar-refractivity contribution in [1.82, 2.24) is 19.9 Å². The van der Waals surface area contributed by atoms with Gasteiger partial charge in [-0.05, 0) is 67.8 Å². The molecule has 8 nitrogen and oxygen atoms in total. The molecule has 176 valence electrons. The Morgan fingerprint density at radius 3 is 3.00 bits per heavy atom. The van der Waals surface area contributed by atoms with Crippen molar-refractivity contribution in [2.75, 3.05) is 30.9 Å². The van der Waals surface area contributed by atoms with E-state index in [1.807, 2.05) is 30.6 Å². The smallest absolute Gasteiger partial charge is 0.207 e. The number of nitrogens with zero attached hydrogens (tertiary/aromatic N) is 6. The number of imidazole rings is 1. The average Bonchev–Trinajstić information content (AvgIpc) is 3.51. The number of hydrogen-bond donors (Lipinski definition) is 1. The Kier molecular flexibility index (Phi) is 6.65. The van der Waals surface area contributed by atoms with Crippen molar-refractivity contribution in [2.45, 2.75) is 42.7 Å². The van der Waals surface area contributed by atoms with Gasteiger partial charge in [0.05, 0.1) is 24.9 Å². The zero-order chi connectivity index (χ0) is 23.5. The van der Waals surface area contributed by atoms with Crippen LogP contribution in [0.15, 0.2) is 46.4 Å². The standard InChI is InChI=1S/C24H26FN7OS/c1-34-21-7-6-16(25)12-18(21)19-5-2-10-31(19)23-9-8-22-27-13-20(32(22)30-23)24(28-15-26)29-17-4-3-11-33-14-17/h6-9,12-13,17,19H,2-5,10-11,14H2,1H3,(H,28,29)/t17?,19-/m1/s1. The van der Waals surface area contributed by atoms with Gasteiger partial charge in [-0.15, -0.1) is 16.9 Å². The maximum atomic E-state index is 14.1. The van der Waals surface area contributed by atoms with Crippen LogP contribution in [0.5, 0.6) is 0 Å². The molecule has 1 aromatic carbocycles. The lowest BCUT2D eigenvalue weighted by Gasteiger charge is -2.27. The normalized spacial score (nSPS) is 21.1. The van der Waals surface area contributed by atoms with Crippen LogP contribution in [0.25, 0.3) is 5.65 Å². The van der Waals surface area contributed by atoms with E-state index in [0.717, 1.165) is 55.1 Å². The molecule has 2 atom stereocenters. The second-order valence-corrected chi connectivity index (χ2v) is 9.31. The van der Waals surface area contributed by atoms with Crippen LogP contribution in [-0.2, 0) is 4.74 Å². The highest BCUT2D eigenvalue weighted by atomic mass is 32.2. The number of anilines is 1. The Morgan fingerprint density at radius 2 is 2.21 bits per heavy atom. The fourth-order valence-corrected chi connectivity index (χ4v) is 5.40. The summed E-state index contributed by atoms with van der Waals surface area (Å²) in [6, 6.07) is 8.99. The topological polar surface area (TPSA) is 90.8 Å². The minimum atomic E-state index is -0.227. The number of aromatic nitrogens is 3. The zero-order valence-electron chi connectivity index (χ0n) is 18.9. The number of rotatable bonds is 5. The number of nitriles is 1. The largest absolute Gasteiger partial charge is 0.379 e. The molecule has 10 heteroatoms. The molecule has 0 aliphatic carbocycles. The Bertz CT molecular complexity index is 1250. The van der Waals surface area contributed by atoms with Gasteiger partial charge in [0.25, 0.3) is 0 Å². The van der Waals surface area contributed by atoms with Crippen molar-refractivity contribution in [1.29, 1.82) is 5.26 Å². The summed E-state index contributed by atoms with van der Waals surface area (Å²) in [4.78, 5) is 11.8. The first-order valence-electron chi connectivity index (χ1n) is 11.4. The Morgan fingerprint density at radius 1 is 1.29 bits per heavy atom. The Labute approximate surface area is 201 Å². The summed E-state index contributed by atoms with van der Waals surface area (Å²) >= 11 is 1.63. The molecule has 1 unspecified atom stereocenters. The van der Waals surface area contributed by atoms with E-state index in [2.05, 4.69) is 20.2 Å². The lowest BCUT2D eigenvalue weighted by Crippen LogP contribution is -2.41. The van der Waals surface area contributed by atoms with Gasteiger partial charge in [0, 0.05) is 18.0 Å². The predicted molar refractivity (Wildman–Crippen MR) is 130 cm³/mol. The third-order valence-electron chi connectivity index (χ3n) is 6.35. The van der Waals surface area contributed by atoms with Crippen molar-refractivity contribution in [3.8, 4) is 6.19 Å². The van der Waals surface area contributed by atoms with Crippen molar-refractivity contribution < 1.29 is 9.13 Å². The zero-order valence-corrected chi connectivity index (χ0v) is 19.8. The molecule has 0 amide bonds. The number of aliphatic imine (C=N–C) groups is 1. The van der Waals surface area contributed by atoms with Crippen LogP contribution < -0.4 is 10.2 Å². The quantitative estimate of drug-likeness (QED) is 0.257. The van der Waals surface area contributed by atoms with E-state index in [4.69, 9.17) is 9.84 Å². The van der Waals surface area contributed by atoms with Crippen LogP contribution in [0.3, 0.4) is 0 Å². The van der Waals surface area contributed by atoms with Crippen molar-refractivity contribution in [3.05, 3.63) is 53.6 Å². The van der Waals surface area contributed by atoms with Gasteiger partial charge in [-0.3, -0.25) is 0 Å². The number of nitrogens with one attached hydrogen (secondary N) is 1. The molecule has 1 N–H and O–H groups in total. The number of halogens is 1. The molecule has 0 spiro atoms. The summed E-state index contributed by atoms with van der Waals surface area (Å²) in [6.07, 6.45) is 9.42. The number of hydrogen-bond acceptors (Lipinski definition) is 7. The molecule has 0 saturated carbocycles. The van der Waals surface area contributed by atoms with Gasteiger partial charge in [-0.25, -0.2) is 13.9 Å². The Hall–Kier alpha value is -3.16. The second kappa shape index (κ2) is 9.99. The van der Waals surface area contributed by atoms with E-state index < -0.39 is 0 Å². The molecule has 5 rings (SSSR count). The molecular formula is C24H26FN7OS. The van der Waals surface area contributed by atoms with Crippen LogP contribution in [0.1, 0.15) is 43.0 Å². The average molecular weight is 480 g/mol.